The first-order valence-corrected chi connectivity index (χ1v) is 7.56. The highest BCUT2D eigenvalue weighted by atomic mass is 35.5. The topological polar surface area (TPSA) is 68.5 Å². The van der Waals surface area contributed by atoms with Crippen molar-refractivity contribution in [1.29, 1.82) is 0 Å². The fourth-order valence-electron chi connectivity index (χ4n) is 2.42. The van der Waals surface area contributed by atoms with E-state index in [1.165, 1.54) is 7.11 Å². The Balaban J connectivity index is 1.86. The van der Waals surface area contributed by atoms with E-state index < -0.39 is 5.97 Å². The Hall–Kier alpha value is -2.79. The lowest BCUT2D eigenvalue weighted by Gasteiger charge is -2.05. The van der Waals surface area contributed by atoms with Crippen LogP contribution in [0.15, 0.2) is 46.9 Å². The highest BCUT2D eigenvalue weighted by Crippen LogP contribution is 2.31. The minimum absolute atomic E-state index is 0.204. The normalized spacial score (nSPS) is 10.6. The van der Waals surface area contributed by atoms with Gasteiger partial charge in [0.15, 0.2) is 11.3 Å². The molecule has 0 bridgehead atoms. The van der Waals surface area contributed by atoms with Gasteiger partial charge < -0.3 is 14.5 Å². The van der Waals surface area contributed by atoms with Crippen LogP contribution >= 0.6 is 11.6 Å². The summed E-state index contributed by atoms with van der Waals surface area (Å²) in [6.45, 7) is 1.80. The van der Waals surface area contributed by atoms with Crippen LogP contribution in [0.1, 0.15) is 26.5 Å². The van der Waals surface area contributed by atoms with E-state index >= 15 is 0 Å². The van der Waals surface area contributed by atoms with Gasteiger partial charge in [0.25, 0.3) is 5.91 Å². The van der Waals surface area contributed by atoms with Crippen molar-refractivity contribution >= 4 is 40.1 Å². The maximum absolute atomic E-state index is 12.5. The monoisotopic (exact) mass is 343 g/mol. The first kappa shape index (κ1) is 16.1. The molecule has 5 nitrogen and oxygen atoms in total. The van der Waals surface area contributed by atoms with Crippen molar-refractivity contribution in [3.05, 3.63) is 64.4 Å². The third-order valence-corrected chi connectivity index (χ3v) is 3.98. The van der Waals surface area contributed by atoms with Gasteiger partial charge in [0.05, 0.1) is 17.7 Å². The second-order valence-corrected chi connectivity index (χ2v) is 5.60. The highest BCUT2D eigenvalue weighted by Gasteiger charge is 2.19. The number of aryl methyl sites for hydroxylation is 1. The Labute approximate surface area is 143 Å². The standard InChI is InChI=1S/C18H14ClNO4/c1-10-13-4-3-5-14(19)16(13)24-15(10)17(21)20-12-8-6-11(7-9-12)18(22)23-2/h3-9H,1-2H3,(H,20,21). The zero-order valence-corrected chi connectivity index (χ0v) is 13.8. The Bertz CT molecular complexity index is 928. The molecular weight excluding hydrogens is 330 g/mol. The van der Waals surface area contributed by atoms with Crippen LogP contribution in [0.5, 0.6) is 0 Å². The van der Waals surface area contributed by atoms with Crippen molar-refractivity contribution in [2.45, 2.75) is 6.92 Å². The molecular formula is C18H14ClNO4. The molecule has 0 aliphatic carbocycles. The average molecular weight is 344 g/mol. The molecule has 1 heterocycles. The first-order chi connectivity index (χ1) is 11.5. The molecule has 1 aromatic heterocycles. The van der Waals surface area contributed by atoms with Crippen molar-refractivity contribution < 1.29 is 18.7 Å². The predicted molar refractivity (Wildman–Crippen MR) is 91.7 cm³/mol. The number of methoxy groups -OCH3 is 1. The van der Waals surface area contributed by atoms with Gasteiger partial charge in [-0.05, 0) is 37.3 Å². The van der Waals surface area contributed by atoms with Crippen molar-refractivity contribution in [3.63, 3.8) is 0 Å². The molecule has 24 heavy (non-hydrogen) atoms. The van der Waals surface area contributed by atoms with Crippen LogP contribution in [0, 0.1) is 6.92 Å². The maximum Gasteiger partial charge on any atom is 0.337 e. The minimum Gasteiger partial charge on any atom is -0.465 e. The minimum atomic E-state index is -0.435. The molecule has 122 valence electrons. The number of hydrogen-bond acceptors (Lipinski definition) is 4. The van der Waals surface area contributed by atoms with Crippen LogP contribution in [0.2, 0.25) is 5.02 Å². The fraction of sp³-hybridized carbons (Fsp3) is 0.111. The van der Waals surface area contributed by atoms with E-state index in [1.54, 1.807) is 43.3 Å². The number of esters is 1. The smallest absolute Gasteiger partial charge is 0.337 e. The summed E-state index contributed by atoms with van der Waals surface area (Å²) in [5.74, 6) is -0.614. The molecule has 3 aromatic rings. The predicted octanol–water partition coefficient (Wildman–Crippen LogP) is 4.43. The number of rotatable bonds is 3. The molecule has 0 saturated heterocycles. The Morgan fingerprint density at radius 3 is 2.46 bits per heavy atom. The zero-order valence-electron chi connectivity index (χ0n) is 13.1. The molecule has 0 unspecified atom stereocenters. The summed E-state index contributed by atoms with van der Waals surface area (Å²) >= 11 is 6.10. The van der Waals surface area contributed by atoms with Gasteiger partial charge >= 0.3 is 5.97 Å². The summed E-state index contributed by atoms with van der Waals surface area (Å²) in [5, 5.41) is 3.99. The summed E-state index contributed by atoms with van der Waals surface area (Å²) in [4.78, 5) is 23.9. The van der Waals surface area contributed by atoms with Gasteiger partial charge in [-0.2, -0.15) is 0 Å². The molecule has 1 amide bonds. The van der Waals surface area contributed by atoms with Gasteiger partial charge in [-0.3, -0.25) is 4.79 Å². The van der Waals surface area contributed by atoms with Crippen molar-refractivity contribution in [2.75, 3.05) is 12.4 Å². The number of halogens is 1. The summed E-state index contributed by atoms with van der Waals surface area (Å²) in [5.41, 5.74) is 2.15. The number of amides is 1. The SMILES string of the molecule is COC(=O)c1ccc(NC(=O)c2oc3c(Cl)cccc3c2C)cc1. The molecule has 2 aromatic carbocycles. The number of nitrogens with one attached hydrogen (secondary N) is 1. The van der Waals surface area contributed by atoms with Crippen LogP contribution in [0.3, 0.4) is 0 Å². The Morgan fingerprint density at radius 1 is 1.12 bits per heavy atom. The van der Waals surface area contributed by atoms with E-state index in [0.29, 0.717) is 21.9 Å². The van der Waals surface area contributed by atoms with Crippen LogP contribution in [0.25, 0.3) is 11.0 Å². The van der Waals surface area contributed by atoms with E-state index in [4.69, 9.17) is 16.0 Å². The third-order valence-electron chi connectivity index (χ3n) is 3.69. The van der Waals surface area contributed by atoms with Gasteiger partial charge in [-0.1, -0.05) is 23.7 Å². The molecule has 0 saturated carbocycles. The zero-order chi connectivity index (χ0) is 17.3. The largest absolute Gasteiger partial charge is 0.465 e. The highest BCUT2D eigenvalue weighted by molar-refractivity contribution is 6.35. The first-order valence-electron chi connectivity index (χ1n) is 7.18. The number of furan rings is 1. The van der Waals surface area contributed by atoms with E-state index in [9.17, 15) is 9.59 Å². The van der Waals surface area contributed by atoms with E-state index in [1.807, 2.05) is 6.07 Å². The fourth-order valence-corrected chi connectivity index (χ4v) is 2.63. The third kappa shape index (κ3) is 2.86. The molecule has 0 fully saturated rings. The number of hydrogen-bond donors (Lipinski definition) is 1. The molecule has 0 radical (unpaired) electrons. The average Bonchev–Trinajstić information content (AvgIpc) is 2.93. The molecule has 1 N–H and O–H groups in total. The molecule has 6 heteroatoms. The van der Waals surface area contributed by atoms with Gasteiger partial charge in [0.2, 0.25) is 0 Å². The summed E-state index contributed by atoms with van der Waals surface area (Å²) in [6.07, 6.45) is 0. The number of carbonyl (C=O) groups excluding carboxylic acids is 2. The number of anilines is 1. The summed E-state index contributed by atoms with van der Waals surface area (Å²) in [6, 6.07) is 11.8. The summed E-state index contributed by atoms with van der Waals surface area (Å²) in [7, 11) is 1.31. The molecule has 3 rings (SSSR count). The van der Waals surface area contributed by atoms with E-state index in [-0.39, 0.29) is 11.7 Å². The van der Waals surface area contributed by atoms with E-state index in [2.05, 4.69) is 10.1 Å². The molecule has 0 aliphatic rings. The van der Waals surface area contributed by atoms with Gasteiger partial charge in [-0.15, -0.1) is 0 Å². The molecule has 0 atom stereocenters. The van der Waals surface area contributed by atoms with Crippen molar-refractivity contribution in [2.24, 2.45) is 0 Å². The number of fused-ring (bicyclic) bond motifs is 1. The van der Waals surface area contributed by atoms with Crippen LogP contribution in [-0.4, -0.2) is 19.0 Å². The van der Waals surface area contributed by atoms with Crippen molar-refractivity contribution in [1.82, 2.24) is 0 Å². The molecule has 0 spiro atoms. The van der Waals surface area contributed by atoms with Crippen LogP contribution in [-0.2, 0) is 4.74 Å². The Kier molecular flexibility index (Phi) is 4.27. The number of benzene rings is 2. The van der Waals surface area contributed by atoms with Gasteiger partial charge in [-0.25, -0.2) is 4.79 Å². The second-order valence-electron chi connectivity index (χ2n) is 5.20. The summed E-state index contributed by atoms with van der Waals surface area (Å²) < 4.78 is 10.3. The lowest BCUT2D eigenvalue weighted by molar-refractivity contribution is 0.0600. The van der Waals surface area contributed by atoms with E-state index in [0.717, 1.165) is 10.9 Å². The quantitative estimate of drug-likeness (QED) is 0.714. The number of ether oxygens (including phenoxy) is 1. The number of para-hydroxylation sites is 1. The number of carbonyl (C=O) groups is 2. The van der Waals surface area contributed by atoms with Crippen LogP contribution in [0.4, 0.5) is 5.69 Å². The maximum atomic E-state index is 12.5. The Morgan fingerprint density at radius 2 is 1.83 bits per heavy atom. The lowest BCUT2D eigenvalue weighted by Crippen LogP contribution is -2.12. The molecule has 0 aliphatic heterocycles. The van der Waals surface area contributed by atoms with Gasteiger partial charge in [0, 0.05) is 16.6 Å². The van der Waals surface area contributed by atoms with Gasteiger partial charge in [0.1, 0.15) is 0 Å². The van der Waals surface area contributed by atoms with Crippen molar-refractivity contribution in [3.8, 4) is 0 Å². The lowest BCUT2D eigenvalue weighted by atomic mass is 10.1. The van der Waals surface area contributed by atoms with Crippen LogP contribution < -0.4 is 5.32 Å². The second kappa shape index (κ2) is 6.37.